The Morgan fingerprint density at radius 3 is 2.00 bits per heavy atom. The van der Waals surface area contributed by atoms with Crippen LogP contribution in [0.15, 0.2) is 30.3 Å². The predicted octanol–water partition coefficient (Wildman–Crippen LogP) is 6.92. The topological polar surface area (TPSA) is 61.4 Å². The smallest absolute Gasteiger partial charge is 0.381 e. The van der Waals surface area contributed by atoms with Crippen LogP contribution in [-0.4, -0.2) is 23.7 Å². The first-order valence-corrected chi connectivity index (χ1v) is 10.6. The van der Waals surface area contributed by atoms with Gasteiger partial charge in [-0.05, 0) is 35.4 Å². The minimum absolute atomic E-state index is 0.00177. The highest BCUT2D eigenvalue weighted by atomic mass is 35.5. The van der Waals surface area contributed by atoms with E-state index in [2.05, 4.69) is 5.32 Å². The number of hydrogen-bond acceptors (Lipinski definition) is 3. The van der Waals surface area contributed by atoms with E-state index in [0.29, 0.717) is 12.1 Å². The zero-order chi connectivity index (χ0) is 27.7. The molecule has 0 fully saturated rings. The van der Waals surface area contributed by atoms with Crippen LogP contribution >= 0.6 is 23.2 Å². The van der Waals surface area contributed by atoms with E-state index in [0.717, 1.165) is 12.1 Å². The van der Waals surface area contributed by atoms with Gasteiger partial charge in [-0.25, -0.2) is 0 Å². The van der Waals surface area contributed by atoms with E-state index >= 15 is 0 Å². The summed E-state index contributed by atoms with van der Waals surface area (Å²) in [4.78, 5) is 11.4. The van der Waals surface area contributed by atoms with Crippen LogP contribution < -0.4 is 10.6 Å². The first-order chi connectivity index (χ1) is 16.3. The van der Waals surface area contributed by atoms with Crippen molar-refractivity contribution >= 4 is 34.8 Å². The third-order valence-electron chi connectivity index (χ3n) is 5.04. The van der Waals surface area contributed by atoms with Crippen LogP contribution in [0, 0.1) is 0 Å². The summed E-state index contributed by atoms with van der Waals surface area (Å²) in [5.74, 6) is -0.541. The van der Waals surface area contributed by atoms with Gasteiger partial charge in [-0.3, -0.25) is 4.79 Å². The number of benzene rings is 2. The number of halogens is 11. The maximum absolute atomic E-state index is 13.8. The van der Waals surface area contributed by atoms with Crippen molar-refractivity contribution in [2.75, 3.05) is 11.9 Å². The number of rotatable bonds is 7. The fraction of sp³-hybridized carbons (Fsp3) is 0.381. The summed E-state index contributed by atoms with van der Waals surface area (Å²) >= 11 is 11.0. The molecule has 1 atom stereocenters. The molecule has 0 saturated heterocycles. The van der Waals surface area contributed by atoms with Crippen molar-refractivity contribution in [1.29, 1.82) is 0 Å². The molecule has 0 saturated carbocycles. The minimum atomic E-state index is -5.59. The number of amides is 1. The van der Waals surface area contributed by atoms with Gasteiger partial charge in [0.1, 0.15) is 0 Å². The van der Waals surface area contributed by atoms with Crippen molar-refractivity contribution in [2.24, 2.45) is 0 Å². The Bertz CT molecular complexity index is 1120. The monoisotopic (exact) mass is 570 g/mol. The van der Waals surface area contributed by atoms with Gasteiger partial charge in [0.05, 0.1) is 27.7 Å². The van der Waals surface area contributed by atoms with Crippen LogP contribution in [0.5, 0.6) is 0 Å². The average Bonchev–Trinajstić information content (AvgIpc) is 2.75. The van der Waals surface area contributed by atoms with Crippen molar-refractivity contribution in [1.82, 2.24) is 5.32 Å². The highest BCUT2D eigenvalue weighted by molar-refractivity contribution is 6.42. The van der Waals surface area contributed by atoms with Gasteiger partial charge in [-0.2, -0.15) is 39.5 Å². The Balaban J connectivity index is 2.47. The lowest BCUT2D eigenvalue weighted by Gasteiger charge is -2.32. The van der Waals surface area contributed by atoms with Gasteiger partial charge in [0.2, 0.25) is 11.5 Å². The minimum Gasteiger partial charge on any atom is -0.381 e. The molecule has 0 bridgehead atoms. The van der Waals surface area contributed by atoms with Gasteiger partial charge in [-0.15, -0.1) is 0 Å². The van der Waals surface area contributed by atoms with E-state index in [1.54, 1.807) is 0 Å². The zero-order valence-electron chi connectivity index (χ0n) is 18.0. The maximum atomic E-state index is 13.8. The molecule has 200 valence electrons. The molecule has 1 amide bonds. The molecule has 0 aliphatic rings. The van der Waals surface area contributed by atoms with E-state index in [-0.39, 0.29) is 18.1 Å². The van der Waals surface area contributed by atoms with E-state index < -0.39 is 75.5 Å². The second-order valence-corrected chi connectivity index (χ2v) is 8.31. The van der Waals surface area contributed by atoms with E-state index in [9.17, 15) is 49.4 Å². The fourth-order valence-corrected chi connectivity index (χ4v) is 3.49. The molecule has 0 aromatic heterocycles. The first kappa shape index (κ1) is 29.8. The molecule has 0 radical (unpaired) electrons. The molecule has 15 heteroatoms. The molecule has 3 N–H and O–H groups in total. The molecule has 0 aliphatic carbocycles. The second kappa shape index (κ2) is 10.5. The predicted molar refractivity (Wildman–Crippen MR) is 113 cm³/mol. The zero-order valence-corrected chi connectivity index (χ0v) is 19.5. The Morgan fingerprint density at radius 1 is 0.917 bits per heavy atom. The SMILES string of the molecule is CCC(=O)NCc1ccc(NC[C@@](O)(c2cc(Cl)c(Cl)c(C(F)(F)F)c2)C(F)(F)F)cc1C(F)(F)F. The standard InChI is InChI=1S/C21H17Cl2F9N2O2/c1-2-16(35)33-8-10-3-4-12(7-13(10)19(24,25)26)34-9-18(36,21(30,31)32)11-5-14(20(27,28)29)17(23)15(22)6-11/h3-7,34,36H,2,8-9H2,1H3,(H,33,35)/t18-/m1/s1. The van der Waals surface area contributed by atoms with Crippen LogP contribution in [0.4, 0.5) is 45.2 Å². The summed E-state index contributed by atoms with van der Waals surface area (Å²) in [7, 11) is 0. The molecule has 4 nitrogen and oxygen atoms in total. The third-order valence-corrected chi connectivity index (χ3v) is 5.84. The maximum Gasteiger partial charge on any atom is 0.423 e. The summed E-state index contributed by atoms with van der Waals surface area (Å²) < 4.78 is 122. The number of nitrogens with one attached hydrogen (secondary N) is 2. The van der Waals surface area contributed by atoms with Gasteiger partial charge < -0.3 is 15.7 Å². The number of aliphatic hydroxyl groups is 1. The van der Waals surface area contributed by atoms with Crippen molar-refractivity contribution in [3.05, 3.63) is 62.6 Å². The summed E-state index contributed by atoms with van der Waals surface area (Å²) in [6.07, 6.45) is -15.8. The summed E-state index contributed by atoms with van der Waals surface area (Å²) in [5.41, 5.74) is -9.29. The fourth-order valence-electron chi connectivity index (χ4n) is 3.05. The van der Waals surface area contributed by atoms with Crippen LogP contribution in [0.25, 0.3) is 0 Å². The van der Waals surface area contributed by atoms with Crippen LogP contribution in [0.2, 0.25) is 10.0 Å². The summed E-state index contributed by atoms with van der Waals surface area (Å²) in [6.45, 7) is -0.618. The van der Waals surface area contributed by atoms with Gasteiger partial charge in [-0.1, -0.05) is 36.2 Å². The van der Waals surface area contributed by atoms with Crippen molar-refractivity contribution < 1.29 is 49.4 Å². The van der Waals surface area contributed by atoms with Crippen molar-refractivity contribution in [3.63, 3.8) is 0 Å². The number of carbonyl (C=O) groups excluding carboxylic acids is 1. The highest BCUT2D eigenvalue weighted by Crippen LogP contribution is 2.45. The van der Waals surface area contributed by atoms with Crippen LogP contribution in [0.3, 0.4) is 0 Å². The van der Waals surface area contributed by atoms with E-state index in [4.69, 9.17) is 23.2 Å². The lowest BCUT2D eigenvalue weighted by molar-refractivity contribution is -0.260. The first-order valence-electron chi connectivity index (χ1n) is 9.87. The quantitative estimate of drug-likeness (QED) is 0.317. The molecule has 2 aromatic carbocycles. The molecule has 2 aromatic rings. The highest BCUT2D eigenvalue weighted by Gasteiger charge is 2.56. The Labute approximate surface area is 208 Å². The normalized spacial score (nSPS) is 14.4. The average molecular weight is 571 g/mol. The molecule has 0 unspecified atom stereocenters. The van der Waals surface area contributed by atoms with Crippen molar-refractivity contribution in [3.8, 4) is 0 Å². The molecular formula is C21H17Cl2F9N2O2. The van der Waals surface area contributed by atoms with E-state index in [1.807, 2.05) is 5.32 Å². The third kappa shape index (κ3) is 6.68. The van der Waals surface area contributed by atoms with Gasteiger partial charge in [0.25, 0.3) is 0 Å². The Hall–Kier alpha value is -2.38. The second-order valence-electron chi connectivity index (χ2n) is 7.53. The van der Waals surface area contributed by atoms with Gasteiger partial charge in [0, 0.05) is 18.7 Å². The Morgan fingerprint density at radius 2 is 1.50 bits per heavy atom. The number of anilines is 1. The molecule has 2 rings (SSSR count). The van der Waals surface area contributed by atoms with Crippen LogP contribution in [0.1, 0.15) is 35.6 Å². The molecule has 36 heavy (non-hydrogen) atoms. The summed E-state index contributed by atoms with van der Waals surface area (Å²) in [5, 5.41) is 12.6. The van der Waals surface area contributed by atoms with Crippen molar-refractivity contribution in [2.45, 2.75) is 44.0 Å². The lowest BCUT2D eigenvalue weighted by Crippen LogP contribution is -2.48. The van der Waals surface area contributed by atoms with Gasteiger partial charge >= 0.3 is 18.5 Å². The molecule has 0 spiro atoms. The van der Waals surface area contributed by atoms with E-state index in [1.165, 1.54) is 6.92 Å². The number of carbonyl (C=O) groups is 1. The van der Waals surface area contributed by atoms with Crippen LogP contribution in [-0.2, 0) is 29.3 Å². The molecular weight excluding hydrogens is 554 g/mol. The molecule has 0 aliphatic heterocycles. The Kier molecular flexibility index (Phi) is 8.74. The number of alkyl halides is 9. The lowest BCUT2D eigenvalue weighted by atomic mass is 9.91. The molecule has 0 heterocycles. The number of hydrogen-bond donors (Lipinski definition) is 3. The van der Waals surface area contributed by atoms with Gasteiger partial charge in [0.15, 0.2) is 0 Å². The summed E-state index contributed by atoms with van der Waals surface area (Å²) in [6, 6.07) is 2.64. The largest absolute Gasteiger partial charge is 0.423 e.